The minimum absolute atomic E-state index is 1.10. The molecule has 268 valence electrons. The Hall–Kier alpha value is -7.20. The molecular weight excluding hydrogens is 709 g/mol. The van der Waals surface area contributed by atoms with Gasteiger partial charge in [-0.25, -0.2) is 0 Å². The number of para-hydroxylation sites is 3. The number of hydrogen-bond donors (Lipinski definition) is 0. The summed E-state index contributed by atoms with van der Waals surface area (Å²) in [6, 6.07) is 79.4. The van der Waals surface area contributed by atoms with E-state index in [0.29, 0.717) is 0 Å². The van der Waals surface area contributed by atoms with Gasteiger partial charge in [0.25, 0.3) is 0 Å². The van der Waals surface area contributed by atoms with Crippen molar-refractivity contribution in [2.45, 2.75) is 0 Å². The monoisotopic (exact) mass is 744 g/mol. The Balaban J connectivity index is 1.25. The normalized spacial score (nSPS) is 11.5. The molecule has 0 amide bonds. The van der Waals surface area contributed by atoms with Gasteiger partial charge in [0.15, 0.2) is 0 Å². The van der Waals surface area contributed by atoms with E-state index in [0.717, 1.165) is 22.6 Å². The van der Waals surface area contributed by atoms with Crippen molar-refractivity contribution in [2.24, 2.45) is 0 Å². The Morgan fingerprint density at radius 3 is 1.58 bits per heavy atom. The second-order valence-corrected chi connectivity index (χ2v) is 15.5. The fraction of sp³-hybridized carbons (Fsp3) is 0. The van der Waals surface area contributed by atoms with Gasteiger partial charge in [-0.1, -0.05) is 182 Å². The first kappa shape index (κ1) is 33.2. The molecule has 0 atom stereocenters. The highest BCUT2D eigenvalue weighted by Crippen LogP contribution is 2.49. The quantitative estimate of drug-likeness (QED) is 0.158. The Kier molecular flexibility index (Phi) is 8.04. The molecule has 2 heterocycles. The molecule has 11 aromatic rings. The lowest BCUT2D eigenvalue weighted by molar-refractivity contribution is 1.18. The van der Waals surface area contributed by atoms with Gasteiger partial charge in [0.1, 0.15) is 0 Å². The van der Waals surface area contributed by atoms with Crippen LogP contribution in [0.4, 0.5) is 17.1 Å². The van der Waals surface area contributed by atoms with Gasteiger partial charge in [0, 0.05) is 48.6 Å². The summed E-state index contributed by atoms with van der Waals surface area (Å²) in [4.78, 5) is 2.49. The summed E-state index contributed by atoms with van der Waals surface area (Å²) in [5.41, 5.74) is 14.0. The van der Waals surface area contributed by atoms with Crippen LogP contribution in [0, 0.1) is 0 Å². The van der Waals surface area contributed by atoms with Crippen LogP contribution in [-0.4, -0.2) is 4.57 Å². The summed E-state index contributed by atoms with van der Waals surface area (Å²) in [5, 5.41) is 5.00. The molecule has 0 saturated carbocycles. The van der Waals surface area contributed by atoms with Gasteiger partial charge < -0.3 is 9.47 Å². The van der Waals surface area contributed by atoms with Crippen LogP contribution < -0.4 is 4.90 Å². The number of anilines is 3. The average Bonchev–Trinajstić information content (AvgIpc) is 3.83. The van der Waals surface area contributed by atoms with E-state index in [-0.39, 0.29) is 0 Å². The third-order valence-corrected chi connectivity index (χ3v) is 12.4. The van der Waals surface area contributed by atoms with Crippen LogP contribution in [0.3, 0.4) is 0 Å². The van der Waals surface area contributed by atoms with Gasteiger partial charge in [-0.3, -0.25) is 0 Å². The number of thiophene rings is 1. The van der Waals surface area contributed by atoms with Gasteiger partial charge in [-0.2, -0.15) is 0 Å². The number of aromatic nitrogens is 1. The van der Waals surface area contributed by atoms with Crippen LogP contribution in [-0.2, 0) is 0 Å². The summed E-state index contributed by atoms with van der Waals surface area (Å²) >= 11 is 1.87. The zero-order chi connectivity index (χ0) is 37.7. The standard InChI is InChI=1S/C54H36N2S/c1-4-18-37(19-5-1)41-24-10-13-30-48(41)55(50-32-17-29-47-46-26-12-15-33-52(46)57-54(47)50)40-34-35-45-44-25-11-14-31-49(44)56(51(45)36-40)53-42(38-20-6-2-7-21-38)27-16-28-43(53)39-22-8-3-9-23-39/h1-36H. The first-order valence-corrected chi connectivity index (χ1v) is 20.3. The summed E-state index contributed by atoms with van der Waals surface area (Å²) in [6.07, 6.45) is 0. The smallest absolute Gasteiger partial charge is 0.0640 e. The van der Waals surface area contributed by atoms with E-state index >= 15 is 0 Å². The molecule has 0 N–H and O–H groups in total. The SMILES string of the molecule is c1ccc(-c2ccccc2N(c2ccc3c4ccccc4n(-c4c(-c5ccccc5)cccc4-c4ccccc4)c3c2)c2cccc3c2sc2ccccc23)cc1. The molecule has 9 aromatic carbocycles. The minimum atomic E-state index is 1.10. The fourth-order valence-electron chi connectivity index (χ4n) is 8.67. The number of fused-ring (bicyclic) bond motifs is 6. The summed E-state index contributed by atoms with van der Waals surface area (Å²) < 4.78 is 5.07. The van der Waals surface area contributed by atoms with Crippen molar-refractivity contribution >= 4 is 70.4 Å². The summed E-state index contributed by atoms with van der Waals surface area (Å²) in [6.45, 7) is 0. The highest BCUT2D eigenvalue weighted by atomic mass is 32.1. The lowest BCUT2D eigenvalue weighted by Gasteiger charge is -2.29. The van der Waals surface area contributed by atoms with Crippen LogP contribution in [0.1, 0.15) is 0 Å². The van der Waals surface area contributed by atoms with Gasteiger partial charge in [-0.15, -0.1) is 11.3 Å². The molecule has 3 heteroatoms. The number of nitrogens with zero attached hydrogens (tertiary/aromatic N) is 2. The molecule has 0 aliphatic carbocycles. The van der Waals surface area contributed by atoms with Gasteiger partial charge >= 0.3 is 0 Å². The average molecular weight is 745 g/mol. The van der Waals surface area contributed by atoms with E-state index in [2.05, 4.69) is 228 Å². The molecule has 0 radical (unpaired) electrons. The van der Waals surface area contributed by atoms with Crippen LogP contribution in [0.5, 0.6) is 0 Å². The van der Waals surface area contributed by atoms with Crippen LogP contribution in [0.15, 0.2) is 218 Å². The maximum atomic E-state index is 2.51. The lowest BCUT2D eigenvalue weighted by atomic mass is 9.95. The van der Waals surface area contributed by atoms with Gasteiger partial charge in [0.05, 0.1) is 32.8 Å². The third-order valence-electron chi connectivity index (χ3n) is 11.2. The minimum Gasteiger partial charge on any atom is -0.308 e. The van der Waals surface area contributed by atoms with Crippen LogP contribution in [0.2, 0.25) is 0 Å². The van der Waals surface area contributed by atoms with Gasteiger partial charge in [-0.05, 0) is 53.1 Å². The summed E-state index contributed by atoms with van der Waals surface area (Å²) in [7, 11) is 0. The highest BCUT2D eigenvalue weighted by molar-refractivity contribution is 7.26. The van der Waals surface area contributed by atoms with Crippen molar-refractivity contribution in [3.8, 4) is 39.1 Å². The Labute approximate surface area is 335 Å². The largest absolute Gasteiger partial charge is 0.308 e. The number of hydrogen-bond acceptors (Lipinski definition) is 2. The topological polar surface area (TPSA) is 8.17 Å². The third kappa shape index (κ3) is 5.55. The first-order chi connectivity index (χ1) is 28.3. The molecule has 0 saturated heterocycles. The Morgan fingerprint density at radius 2 is 0.860 bits per heavy atom. The molecule has 2 aromatic heterocycles. The van der Waals surface area contributed by atoms with E-state index in [1.54, 1.807) is 0 Å². The molecule has 11 rings (SSSR count). The molecule has 0 bridgehead atoms. The predicted octanol–water partition coefficient (Wildman–Crippen LogP) is 15.6. The number of benzene rings is 9. The molecule has 0 fully saturated rings. The molecule has 0 unspecified atom stereocenters. The molecular formula is C54H36N2S. The van der Waals surface area contributed by atoms with Crippen molar-refractivity contribution in [3.63, 3.8) is 0 Å². The van der Waals surface area contributed by atoms with E-state index in [4.69, 9.17) is 0 Å². The van der Waals surface area contributed by atoms with Crippen molar-refractivity contribution in [3.05, 3.63) is 218 Å². The maximum absolute atomic E-state index is 2.51. The molecule has 0 aliphatic heterocycles. The first-order valence-electron chi connectivity index (χ1n) is 19.4. The summed E-state index contributed by atoms with van der Waals surface area (Å²) in [5.74, 6) is 0. The van der Waals surface area contributed by atoms with Crippen molar-refractivity contribution < 1.29 is 0 Å². The van der Waals surface area contributed by atoms with Crippen molar-refractivity contribution in [2.75, 3.05) is 4.90 Å². The molecule has 2 nitrogen and oxygen atoms in total. The van der Waals surface area contributed by atoms with Gasteiger partial charge in [0.2, 0.25) is 0 Å². The van der Waals surface area contributed by atoms with E-state index < -0.39 is 0 Å². The van der Waals surface area contributed by atoms with Crippen LogP contribution >= 0.6 is 11.3 Å². The maximum Gasteiger partial charge on any atom is 0.0640 e. The second kappa shape index (κ2) is 13.8. The Bertz CT molecular complexity index is 3180. The predicted molar refractivity (Wildman–Crippen MR) is 245 cm³/mol. The van der Waals surface area contributed by atoms with Crippen molar-refractivity contribution in [1.29, 1.82) is 0 Å². The zero-order valence-corrected chi connectivity index (χ0v) is 31.9. The van der Waals surface area contributed by atoms with Crippen molar-refractivity contribution in [1.82, 2.24) is 4.57 Å². The zero-order valence-electron chi connectivity index (χ0n) is 31.1. The fourth-order valence-corrected chi connectivity index (χ4v) is 9.88. The number of rotatable bonds is 7. The molecule has 0 spiro atoms. The second-order valence-electron chi connectivity index (χ2n) is 14.5. The highest BCUT2D eigenvalue weighted by Gasteiger charge is 2.24. The van der Waals surface area contributed by atoms with E-state index in [1.807, 2.05) is 11.3 Å². The van der Waals surface area contributed by atoms with Crippen LogP contribution in [0.25, 0.3) is 81.0 Å². The molecule has 0 aliphatic rings. The van der Waals surface area contributed by atoms with E-state index in [1.165, 1.54) is 75.5 Å². The van der Waals surface area contributed by atoms with E-state index in [9.17, 15) is 0 Å². The lowest BCUT2D eigenvalue weighted by Crippen LogP contribution is -2.11. The Morgan fingerprint density at radius 1 is 0.351 bits per heavy atom. The molecule has 57 heavy (non-hydrogen) atoms.